The van der Waals surface area contributed by atoms with Gasteiger partial charge < -0.3 is 20.3 Å². The van der Waals surface area contributed by atoms with E-state index < -0.39 is 12.1 Å². The molecule has 0 radical (unpaired) electrons. The highest BCUT2D eigenvalue weighted by molar-refractivity contribution is 5.70. The Morgan fingerprint density at radius 1 is 1.20 bits per heavy atom. The van der Waals surface area contributed by atoms with Crippen LogP contribution in [-0.4, -0.2) is 35.4 Å². The normalized spacial score (nSPS) is 13.2. The van der Waals surface area contributed by atoms with Crippen molar-refractivity contribution in [2.45, 2.75) is 25.6 Å². The zero-order chi connectivity index (χ0) is 18.2. The van der Waals surface area contributed by atoms with Crippen LogP contribution in [-0.2, 0) is 11.2 Å². The number of benzene rings is 2. The van der Waals surface area contributed by atoms with Gasteiger partial charge in [0.1, 0.15) is 17.7 Å². The summed E-state index contributed by atoms with van der Waals surface area (Å²) in [4.78, 5) is 10.6. The third-order valence-electron chi connectivity index (χ3n) is 3.62. The lowest BCUT2D eigenvalue weighted by molar-refractivity contribution is -0.136. The molecule has 2 atom stereocenters. The Bertz CT molecular complexity index is 690. The molecule has 3 N–H and O–H groups in total. The lowest BCUT2D eigenvalue weighted by atomic mass is 10.1. The summed E-state index contributed by atoms with van der Waals surface area (Å²) in [5, 5.41) is 21.9. The van der Waals surface area contributed by atoms with Crippen LogP contribution in [0.5, 0.6) is 5.75 Å². The number of rotatable bonds is 9. The first-order valence-corrected chi connectivity index (χ1v) is 8.05. The molecular weight excluding hydrogens is 325 g/mol. The fourth-order valence-corrected chi connectivity index (χ4v) is 2.39. The molecule has 0 aromatic heterocycles. The summed E-state index contributed by atoms with van der Waals surface area (Å²) in [6, 6.07) is 12.8. The number of hydrogen-bond acceptors (Lipinski definition) is 4. The van der Waals surface area contributed by atoms with Crippen LogP contribution in [0.25, 0.3) is 0 Å². The number of halogens is 1. The van der Waals surface area contributed by atoms with Gasteiger partial charge in [0.2, 0.25) is 0 Å². The third kappa shape index (κ3) is 6.52. The minimum absolute atomic E-state index is 0.0185. The highest BCUT2D eigenvalue weighted by Crippen LogP contribution is 2.15. The molecule has 6 heteroatoms. The van der Waals surface area contributed by atoms with Crippen molar-refractivity contribution < 1.29 is 24.1 Å². The van der Waals surface area contributed by atoms with E-state index in [0.717, 1.165) is 0 Å². The van der Waals surface area contributed by atoms with Crippen LogP contribution in [0.4, 0.5) is 4.39 Å². The summed E-state index contributed by atoms with van der Waals surface area (Å²) in [5.74, 6) is -0.600. The molecule has 2 unspecified atom stereocenters. The van der Waals surface area contributed by atoms with Gasteiger partial charge >= 0.3 is 5.97 Å². The van der Waals surface area contributed by atoms with Gasteiger partial charge in [-0.25, -0.2) is 4.39 Å². The predicted octanol–water partition coefficient (Wildman–Crippen LogP) is 2.54. The molecule has 0 aliphatic carbocycles. The lowest BCUT2D eigenvalue weighted by Crippen LogP contribution is -2.32. The van der Waals surface area contributed by atoms with E-state index in [0.29, 0.717) is 23.4 Å². The summed E-state index contributed by atoms with van der Waals surface area (Å²) >= 11 is 0. The number of carbonyl (C=O) groups is 1. The van der Waals surface area contributed by atoms with Crippen molar-refractivity contribution in [1.29, 1.82) is 0 Å². The molecule has 0 aliphatic heterocycles. The van der Waals surface area contributed by atoms with Crippen LogP contribution in [0, 0.1) is 5.82 Å². The van der Waals surface area contributed by atoms with Gasteiger partial charge in [0.05, 0.1) is 12.5 Å². The summed E-state index contributed by atoms with van der Waals surface area (Å²) in [5.41, 5.74) is 1.24. The van der Waals surface area contributed by atoms with Crippen molar-refractivity contribution in [1.82, 2.24) is 5.32 Å². The Kier molecular flexibility index (Phi) is 6.91. The number of carboxylic acids is 1. The highest BCUT2D eigenvalue weighted by Gasteiger charge is 2.10. The van der Waals surface area contributed by atoms with E-state index in [2.05, 4.69) is 5.32 Å². The largest absolute Gasteiger partial charge is 0.489 e. The first-order chi connectivity index (χ1) is 11.9. The summed E-state index contributed by atoms with van der Waals surface area (Å²) < 4.78 is 18.9. The number of ether oxygens (including phenoxy) is 1. The molecule has 0 fully saturated rings. The monoisotopic (exact) mass is 347 g/mol. The van der Waals surface area contributed by atoms with Crippen LogP contribution in [0.1, 0.15) is 24.2 Å². The van der Waals surface area contributed by atoms with Gasteiger partial charge in [-0.05, 0) is 42.3 Å². The average molecular weight is 347 g/mol. The van der Waals surface area contributed by atoms with E-state index in [1.165, 1.54) is 12.1 Å². The molecule has 5 nitrogen and oxygen atoms in total. The van der Waals surface area contributed by atoms with Crippen LogP contribution in [0.15, 0.2) is 48.5 Å². The zero-order valence-electron chi connectivity index (χ0n) is 14.0. The van der Waals surface area contributed by atoms with E-state index in [4.69, 9.17) is 9.84 Å². The Balaban J connectivity index is 1.75. The van der Waals surface area contributed by atoms with Crippen LogP contribution in [0.3, 0.4) is 0 Å². The molecule has 0 spiro atoms. The fraction of sp³-hybridized carbons (Fsp3) is 0.316. The quantitative estimate of drug-likeness (QED) is 0.650. The van der Waals surface area contributed by atoms with E-state index in [-0.39, 0.29) is 24.9 Å². The minimum Gasteiger partial charge on any atom is -0.489 e. The number of nitrogens with one attached hydrogen (secondary N) is 1. The molecule has 0 aliphatic rings. The molecular formula is C19H22FNO4. The smallest absolute Gasteiger partial charge is 0.307 e. The maximum absolute atomic E-state index is 13.1. The molecule has 2 aromatic carbocycles. The highest BCUT2D eigenvalue weighted by atomic mass is 19.1. The van der Waals surface area contributed by atoms with Crippen LogP contribution in [0.2, 0.25) is 0 Å². The standard InChI is InChI=1S/C19H22FNO4/c1-13(25-17-7-5-14(6-8-17)9-19(23)24)11-21-12-18(22)15-3-2-4-16(20)10-15/h2-8,10,13,18,21-22H,9,11-12H2,1H3,(H,23,24). The van der Waals surface area contributed by atoms with Gasteiger partial charge in [0.15, 0.2) is 0 Å². The number of aliphatic hydroxyl groups excluding tert-OH is 1. The van der Waals surface area contributed by atoms with Gasteiger partial charge in [0, 0.05) is 13.1 Å². The van der Waals surface area contributed by atoms with Gasteiger partial charge in [-0.1, -0.05) is 24.3 Å². The molecule has 25 heavy (non-hydrogen) atoms. The molecule has 2 aromatic rings. The molecule has 134 valence electrons. The Morgan fingerprint density at radius 2 is 1.92 bits per heavy atom. The fourth-order valence-electron chi connectivity index (χ4n) is 2.39. The maximum atomic E-state index is 13.1. The van der Waals surface area contributed by atoms with E-state index in [1.807, 2.05) is 6.92 Å². The number of aliphatic carboxylic acids is 1. The van der Waals surface area contributed by atoms with Crippen LogP contribution >= 0.6 is 0 Å². The van der Waals surface area contributed by atoms with Crippen molar-refractivity contribution in [2.24, 2.45) is 0 Å². The predicted molar refractivity (Wildman–Crippen MR) is 92.1 cm³/mol. The Morgan fingerprint density at radius 3 is 2.56 bits per heavy atom. The van der Waals surface area contributed by atoms with Crippen molar-refractivity contribution in [3.05, 3.63) is 65.5 Å². The Hall–Kier alpha value is -2.44. The second kappa shape index (κ2) is 9.15. The third-order valence-corrected chi connectivity index (χ3v) is 3.62. The molecule has 0 saturated heterocycles. The maximum Gasteiger partial charge on any atom is 0.307 e. The lowest BCUT2D eigenvalue weighted by Gasteiger charge is -2.17. The van der Waals surface area contributed by atoms with Crippen molar-refractivity contribution in [2.75, 3.05) is 13.1 Å². The second-order valence-electron chi connectivity index (χ2n) is 5.87. The SMILES string of the molecule is CC(CNCC(O)c1cccc(F)c1)Oc1ccc(CC(=O)O)cc1. The molecule has 2 rings (SSSR count). The minimum atomic E-state index is -0.872. The number of aliphatic hydroxyl groups is 1. The van der Waals surface area contributed by atoms with Gasteiger partial charge in [0.25, 0.3) is 0 Å². The van der Waals surface area contributed by atoms with Crippen molar-refractivity contribution >= 4 is 5.97 Å². The van der Waals surface area contributed by atoms with Gasteiger partial charge in [-0.2, -0.15) is 0 Å². The summed E-state index contributed by atoms with van der Waals surface area (Å²) in [7, 11) is 0. The summed E-state index contributed by atoms with van der Waals surface area (Å²) in [6.45, 7) is 2.67. The average Bonchev–Trinajstić information content (AvgIpc) is 2.56. The zero-order valence-corrected chi connectivity index (χ0v) is 14.0. The van der Waals surface area contributed by atoms with E-state index in [9.17, 15) is 14.3 Å². The topological polar surface area (TPSA) is 78.8 Å². The first-order valence-electron chi connectivity index (χ1n) is 8.05. The molecule has 0 saturated carbocycles. The van der Waals surface area contributed by atoms with Gasteiger partial charge in [-0.15, -0.1) is 0 Å². The summed E-state index contributed by atoms with van der Waals surface area (Å²) in [6.07, 6.45) is -0.960. The first kappa shape index (κ1) is 18.9. The molecule has 0 bridgehead atoms. The van der Waals surface area contributed by atoms with Crippen LogP contribution < -0.4 is 10.1 Å². The second-order valence-corrected chi connectivity index (χ2v) is 5.87. The molecule has 0 heterocycles. The van der Waals surface area contributed by atoms with E-state index in [1.54, 1.807) is 36.4 Å². The molecule has 0 amide bonds. The van der Waals surface area contributed by atoms with Gasteiger partial charge in [-0.3, -0.25) is 4.79 Å². The van der Waals surface area contributed by atoms with E-state index >= 15 is 0 Å². The number of carboxylic acid groups (broad SMARTS) is 1. The Labute approximate surface area is 146 Å². The number of hydrogen-bond donors (Lipinski definition) is 3. The van der Waals surface area contributed by atoms with Crippen molar-refractivity contribution in [3.63, 3.8) is 0 Å². The van der Waals surface area contributed by atoms with Crippen molar-refractivity contribution in [3.8, 4) is 5.75 Å².